The van der Waals surface area contributed by atoms with E-state index < -0.39 is 0 Å². The van der Waals surface area contributed by atoms with Crippen LogP contribution in [-0.4, -0.2) is 65.0 Å². The summed E-state index contributed by atoms with van der Waals surface area (Å²) in [7, 11) is 1.73. The Balaban J connectivity index is 2.11. The van der Waals surface area contributed by atoms with Gasteiger partial charge < -0.3 is 14.9 Å². The smallest absolute Gasteiger partial charge is 0.255 e. The van der Waals surface area contributed by atoms with Gasteiger partial charge in [0, 0.05) is 44.5 Å². The highest BCUT2D eigenvalue weighted by Crippen LogP contribution is 2.09. The summed E-state index contributed by atoms with van der Waals surface area (Å²) in [5, 5.41) is 8.69. The van der Waals surface area contributed by atoms with Crippen molar-refractivity contribution in [3.05, 3.63) is 29.6 Å². The number of nitrogens with zero attached hydrogens (tertiary/aromatic N) is 3. The van der Waals surface area contributed by atoms with Crippen LogP contribution in [-0.2, 0) is 4.79 Å². The van der Waals surface area contributed by atoms with E-state index in [1.165, 1.54) is 11.1 Å². The third kappa shape index (κ3) is 3.80. The summed E-state index contributed by atoms with van der Waals surface area (Å²) in [6, 6.07) is 1.66. The molecule has 0 atom stereocenters. The van der Waals surface area contributed by atoms with E-state index in [1.807, 2.05) is 0 Å². The quantitative estimate of drug-likeness (QED) is 0.760. The van der Waals surface area contributed by atoms with Crippen molar-refractivity contribution in [2.24, 2.45) is 0 Å². The number of aromatic nitrogens is 1. The van der Waals surface area contributed by atoms with Crippen molar-refractivity contribution in [3.8, 4) is 11.8 Å². The summed E-state index contributed by atoms with van der Waals surface area (Å²) < 4.78 is 0. The number of pyridine rings is 1. The lowest BCUT2D eigenvalue weighted by molar-refractivity contribution is -0.133. The van der Waals surface area contributed by atoms with E-state index >= 15 is 0 Å². The summed E-state index contributed by atoms with van der Waals surface area (Å²) in [4.78, 5) is 31.1. The van der Waals surface area contributed by atoms with Gasteiger partial charge in [-0.1, -0.05) is 11.8 Å². The monoisotopic (exact) mass is 287 g/mol. The maximum Gasteiger partial charge on any atom is 0.255 e. The summed E-state index contributed by atoms with van der Waals surface area (Å²) in [5.74, 6) is 5.34. The fourth-order valence-electron chi connectivity index (χ4n) is 1.96. The SMILES string of the molecule is CN1CCN(C(=O)c2cncc(C#CCCO)c2)CC1=O. The highest BCUT2D eigenvalue weighted by atomic mass is 16.2. The normalized spacial score (nSPS) is 14.7. The second kappa shape index (κ2) is 6.86. The molecule has 1 aromatic heterocycles. The molecule has 0 spiro atoms. The van der Waals surface area contributed by atoms with E-state index in [1.54, 1.807) is 24.2 Å². The fourth-order valence-corrected chi connectivity index (χ4v) is 1.96. The maximum atomic E-state index is 12.4. The zero-order valence-electron chi connectivity index (χ0n) is 11.9. The van der Waals surface area contributed by atoms with Crippen LogP contribution in [0.3, 0.4) is 0 Å². The van der Waals surface area contributed by atoms with Crippen LogP contribution < -0.4 is 0 Å². The second-order valence-corrected chi connectivity index (χ2v) is 4.78. The molecule has 0 radical (unpaired) electrons. The number of piperazine rings is 1. The Morgan fingerprint density at radius 1 is 1.43 bits per heavy atom. The zero-order chi connectivity index (χ0) is 15.2. The van der Waals surface area contributed by atoms with Crippen LogP contribution in [0.4, 0.5) is 0 Å². The van der Waals surface area contributed by atoms with Crippen molar-refractivity contribution >= 4 is 11.8 Å². The first kappa shape index (κ1) is 15.0. The number of hydrogen-bond donors (Lipinski definition) is 1. The van der Waals surface area contributed by atoms with Gasteiger partial charge in [0.05, 0.1) is 12.2 Å². The first-order valence-electron chi connectivity index (χ1n) is 6.70. The lowest BCUT2D eigenvalue weighted by atomic mass is 10.1. The molecule has 6 heteroatoms. The van der Waals surface area contributed by atoms with Gasteiger partial charge >= 0.3 is 0 Å². The van der Waals surface area contributed by atoms with Crippen LogP contribution in [0.25, 0.3) is 0 Å². The Bertz CT molecular complexity index is 604. The summed E-state index contributed by atoms with van der Waals surface area (Å²) in [5.41, 5.74) is 1.04. The molecule has 1 N–H and O–H groups in total. The Labute approximate surface area is 123 Å². The molecule has 0 bridgehead atoms. The molecule has 0 unspecified atom stereocenters. The minimum atomic E-state index is -0.213. The number of likely N-dealkylation sites (N-methyl/N-ethyl adjacent to an activating group) is 1. The van der Waals surface area contributed by atoms with E-state index in [0.29, 0.717) is 30.6 Å². The van der Waals surface area contributed by atoms with Crippen LogP contribution in [0.5, 0.6) is 0 Å². The van der Waals surface area contributed by atoms with Crippen LogP contribution >= 0.6 is 0 Å². The lowest BCUT2D eigenvalue weighted by Crippen LogP contribution is -2.50. The first-order chi connectivity index (χ1) is 10.1. The Morgan fingerprint density at radius 3 is 2.95 bits per heavy atom. The van der Waals surface area contributed by atoms with E-state index in [-0.39, 0.29) is 25.0 Å². The van der Waals surface area contributed by atoms with E-state index in [4.69, 9.17) is 5.11 Å². The average Bonchev–Trinajstić information content (AvgIpc) is 2.50. The molecule has 2 heterocycles. The van der Waals surface area contributed by atoms with Crippen LogP contribution in [0.2, 0.25) is 0 Å². The summed E-state index contributed by atoms with van der Waals surface area (Å²) in [6.45, 7) is 1.15. The molecule has 1 saturated heterocycles. The minimum Gasteiger partial charge on any atom is -0.395 e. The first-order valence-corrected chi connectivity index (χ1v) is 6.70. The maximum absolute atomic E-state index is 12.4. The van der Waals surface area contributed by atoms with Gasteiger partial charge in [0.25, 0.3) is 5.91 Å². The molecule has 1 aliphatic rings. The van der Waals surface area contributed by atoms with Crippen LogP contribution in [0, 0.1) is 11.8 Å². The van der Waals surface area contributed by atoms with Crippen molar-refractivity contribution in [1.82, 2.24) is 14.8 Å². The minimum absolute atomic E-state index is 0.00244. The number of hydrogen-bond acceptors (Lipinski definition) is 4. The van der Waals surface area contributed by atoms with Gasteiger partial charge in [-0.2, -0.15) is 0 Å². The third-order valence-corrected chi connectivity index (χ3v) is 3.20. The predicted octanol–water partition coefficient (Wildman–Crippen LogP) is -0.270. The molecular weight excluding hydrogens is 270 g/mol. The van der Waals surface area contributed by atoms with E-state index in [9.17, 15) is 9.59 Å². The Hall–Kier alpha value is -2.39. The molecule has 1 fully saturated rings. The molecule has 110 valence electrons. The van der Waals surface area contributed by atoms with Gasteiger partial charge in [0.1, 0.15) is 6.54 Å². The van der Waals surface area contributed by atoms with Crippen molar-refractivity contribution in [3.63, 3.8) is 0 Å². The number of amides is 2. The van der Waals surface area contributed by atoms with Gasteiger partial charge in [0.2, 0.25) is 5.91 Å². The van der Waals surface area contributed by atoms with Crippen LogP contribution in [0.1, 0.15) is 22.3 Å². The van der Waals surface area contributed by atoms with Gasteiger partial charge in [-0.15, -0.1) is 0 Å². The largest absolute Gasteiger partial charge is 0.395 e. The second-order valence-electron chi connectivity index (χ2n) is 4.78. The molecule has 6 nitrogen and oxygen atoms in total. The molecular formula is C15H17N3O3. The Kier molecular flexibility index (Phi) is 4.90. The molecule has 2 amide bonds. The Morgan fingerprint density at radius 2 is 2.24 bits per heavy atom. The van der Waals surface area contributed by atoms with Crippen molar-refractivity contribution in [2.45, 2.75) is 6.42 Å². The fraction of sp³-hybridized carbons (Fsp3) is 0.400. The number of aliphatic hydroxyl groups excluding tert-OH is 1. The molecule has 1 aromatic rings. The standard InChI is InChI=1S/C15H17N3O3/c1-17-5-6-18(11-14(17)20)15(21)13-8-12(9-16-10-13)4-2-3-7-19/h8-10,19H,3,5-7,11H2,1H3. The number of aliphatic hydroxyl groups is 1. The van der Waals surface area contributed by atoms with Gasteiger partial charge in [-0.25, -0.2) is 0 Å². The number of carbonyl (C=O) groups is 2. The topological polar surface area (TPSA) is 73.7 Å². The predicted molar refractivity (Wildman–Crippen MR) is 76.4 cm³/mol. The average molecular weight is 287 g/mol. The van der Waals surface area contributed by atoms with Gasteiger partial charge in [-0.3, -0.25) is 14.6 Å². The van der Waals surface area contributed by atoms with Crippen molar-refractivity contribution in [2.75, 3.05) is 33.3 Å². The van der Waals surface area contributed by atoms with Crippen molar-refractivity contribution in [1.29, 1.82) is 0 Å². The van der Waals surface area contributed by atoms with Gasteiger partial charge in [-0.05, 0) is 6.07 Å². The van der Waals surface area contributed by atoms with E-state index in [0.717, 1.165) is 0 Å². The summed E-state index contributed by atoms with van der Waals surface area (Å²) >= 11 is 0. The summed E-state index contributed by atoms with van der Waals surface area (Å²) in [6.07, 6.45) is 3.42. The number of rotatable bonds is 2. The number of carbonyl (C=O) groups excluding carboxylic acids is 2. The molecule has 0 aromatic carbocycles. The van der Waals surface area contributed by atoms with Crippen LogP contribution in [0.15, 0.2) is 18.5 Å². The van der Waals surface area contributed by atoms with Crippen molar-refractivity contribution < 1.29 is 14.7 Å². The molecule has 2 rings (SSSR count). The zero-order valence-corrected chi connectivity index (χ0v) is 11.9. The highest BCUT2D eigenvalue weighted by Gasteiger charge is 2.25. The molecule has 21 heavy (non-hydrogen) atoms. The lowest BCUT2D eigenvalue weighted by Gasteiger charge is -2.31. The molecule has 1 aliphatic heterocycles. The molecule has 0 saturated carbocycles. The molecule has 0 aliphatic carbocycles. The third-order valence-electron chi connectivity index (χ3n) is 3.20. The van der Waals surface area contributed by atoms with E-state index in [2.05, 4.69) is 16.8 Å². The highest BCUT2D eigenvalue weighted by molar-refractivity contribution is 5.97. The van der Waals surface area contributed by atoms with Gasteiger partial charge in [0.15, 0.2) is 0 Å².